The molecule has 0 bridgehead atoms. The zero-order chi connectivity index (χ0) is 17.5. The van der Waals surface area contributed by atoms with Crippen molar-refractivity contribution in [2.24, 2.45) is 0 Å². The number of hydrogen-bond donors (Lipinski definition) is 3. The number of aromatic nitrogens is 4. The molecule has 0 unspecified atom stereocenters. The van der Waals surface area contributed by atoms with E-state index in [0.717, 1.165) is 0 Å². The Morgan fingerprint density at radius 3 is 2.62 bits per heavy atom. The summed E-state index contributed by atoms with van der Waals surface area (Å²) in [5.74, 6) is 0.463. The molecule has 1 fully saturated rings. The fraction of sp³-hybridized carbons (Fsp3) is 0.545. The summed E-state index contributed by atoms with van der Waals surface area (Å²) in [4.78, 5) is 33.3. The molecule has 2 aromatic heterocycles. The average Bonchev–Trinajstić information content (AvgIpc) is 3.07. The first kappa shape index (κ1) is 24.4. The standard InChI is InChI=1S/C11H16N5O7P.2Na/c1-12-9-6-10(14-3-13-9)16(4-15-6)11-8(18)7(17)5(23-11)2-22-24(19,20)21;;/h3-5,7-8,11,17-18H,2H2,1H3,(H,12,13,14)(H2,19,20,21);;/p-2/t5-,7-,8-,11-;;/m1../s1. The zero-order valence-corrected chi connectivity index (χ0v) is 19.2. The van der Waals surface area contributed by atoms with Gasteiger partial charge in [0, 0.05) is 66.2 Å². The Morgan fingerprint density at radius 1 is 1.31 bits per heavy atom. The summed E-state index contributed by atoms with van der Waals surface area (Å²) in [5.41, 5.74) is 0.763. The molecular weight excluding hydrogens is 391 g/mol. The SMILES string of the molecule is CNc1ncnc2c1ncn2[C@@H]1O[C@H](COP(=O)([O-])[O-])[C@@H](O)[C@H]1O.[Na].[Na]. The van der Waals surface area contributed by atoms with Gasteiger partial charge in [-0.05, 0) is 0 Å². The molecular formula is C11H14N5Na2O7P-2. The van der Waals surface area contributed by atoms with Crippen LogP contribution in [0, 0.1) is 0 Å². The minimum Gasteiger partial charge on any atom is -0.790 e. The van der Waals surface area contributed by atoms with E-state index in [2.05, 4.69) is 24.8 Å². The maximum atomic E-state index is 10.5. The van der Waals surface area contributed by atoms with E-state index in [0.29, 0.717) is 17.0 Å². The van der Waals surface area contributed by atoms with Crippen LogP contribution in [0.15, 0.2) is 12.7 Å². The molecule has 3 N–H and O–H groups in total. The molecule has 0 saturated carbocycles. The van der Waals surface area contributed by atoms with Gasteiger partial charge in [0.2, 0.25) is 0 Å². The molecule has 1 aliphatic heterocycles. The number of hydrogen-bond acceptors (Lipinski definition) is 11. The Bertz CT molecular complexity index is 789. The Labute approximate surface area is 192 Å². The molecule has 1 saturated heterocycles. The predicted octanol–water partition coefficient (Wildman–Crippen LogP) is -3.43. The Balaban J connectivity index is 0.00000169. The largest absolute Gasteiger partial charge is 0.790 e. The summed E-state index contributed by atoms with van der Waals surface area (Å²) in [6.07, 6.45) is -2.52. The van der Waals surface area contributed by atoms with Crippen molar-refractivity contribution in [3.63, 3.8) is 0 Å². The molecule has 12 nitrogen and oxygen atoms in total. The number of ether oxygens (including phenoxy) is 1. The van der Waals surface area contributed by atoms with Crippen molar-refractivity contribution in [3.05, 3.63) is 12.7 Å². The Hall–Kier alpha value is 0.340. The van der Waals surface area contributed by atoms with Crippen molar-refractivity contribution in [2.45, 2.75) is 24.5 Å². The Morgan fingerprint density at radius 2 is 2.00 bits per heavy atom. The van der Waals surface area contributed by atoms with Crippen LogP contribution in [0.4, 0.5) is 5.82 Å². The average molecular weight is 405 g/mol. The summed E-state index contributed by atoms with van der Waals surface area (Å²) in [7, 11) is -3.56. The first-order valence-electron chi connectivity index (χ1n) is 6.85. The fourth-order valence-electron chi connectivity index (χ4n) is 2.48. The summed E-state index contributed by atoms with van der Waals surface area (Å²) in [6.45, 7) is -0.706. The first-order chi connectivity index (χ1) is 11.3. The van der Waals surface area contributed by atoms with Gasteiger partial charge in [-0.3, -0.25) is 4.57 Å². The molecule has 3 rings (SSSR count). The van der Waals surface area contributed by atoms with Crippen LogP contribution in [-0.2, 0) is 13.8 Å². The van der Waals surface area contributed by atoms with E-state index in [1.54, 1.807) is 7.05 Å². The number of aliphatic hydroxyl groups is 2. The predicted molar refractivity (Wildman–Crippen MR) is 85.9 cm³/mol. The van der Waals surface area contributed by atoms with Crippen molar-refractivity contribution < 1.29 is 33.8 Å². The second-order valence-electron chi connectivity index (χ2n) is 5.09. The van der Waals surface area contributed by atoms with Crippen LogP contribution in [0.2, 0.25) is 0 Å². The molecule has 0 amide bonds. The number of phosphoric ester groups is 1. The molecule has 1 aliphatic rings. The van der Waals surface area contributed by atoms with E-state index >= 15 is 0 Å². The number of aliphatic hydroxyl groups excluding tert-OH is 2. The molecule has 3 heterocycles. The van der Waals surface area contributed by atoms with Crippen molar-refractivity contribution in [1.29, 1.82) is 0 Å². The molecule has 4 atom stereocenters. The van der Waals surface area contributed by atoms with Gasteiger partial charge in [0.1, 0.15) is 30.2 Å². The maximum Gasteiger partial charge on any atom is 0.167 e. The van der Waals surface area contributed by atoms with Crippen molar-refractivity contribution >= 4 is 83.9 Å². The molecule has 15 heteroatoms. The summed E-state index contributed by atoms with van der Waals surface area (Å²) >= 11 is 0. The van der Waals surface area contributed by atoms with Crippen molar-refractivity contribution in [3.8, 4) is 0 Å². The van der Waals surface area contributed by atoms with Gasteiger partial charge in [-0.15, -0.1) is 0 Å². The number of nitrogens with one attached hydrogen (secondary N) is 1. The van der Waals surface area contributed by atoms with E-state index in [1.165, 1.54) is 17.2 Å². The second-order valence-corrected chi connectivity index (χ2v) is 6.24. The van der Waals surface area contributed by atoms with Gasteiger partial charge < -0.3 is 39.1 Å². The molecule has 0 aromatic carbocycles. The minimum absolute atomic E-state index is 0. The summed E-state index contributed by atoms with van der Waals surface area (Å²) in [5, 5.41) is 23.0. The third-order valence-corrected chi connectivity index (χ3v) is 4.07. The third-order valence-electron chi connectivity index (χ3n) is 3.60. The van der Waals surface area contributed by atoms with Gasteiger partial charge in [-0.1, -0.05) is 0 Å². The topological polar surface area (TPSA) is 178 Å². The molecule has 0 aliphatic carbocycles. The minimum atomic E-state index is -5.21. The monoisotopic (exact) mass is 405 g/mol. The van der Waals surface area contributed by atoms with Gasteiger partial charge >= 0.3 is 0 Å². The smallest absolute Gasteiger partial charge is 0.167 e. The van der Waals surface area contributed by atoms with Gasteiger partial charge in [0.25, 0.3) is 0 Å². The number of phosphoric acid groups is 1. The third kappa shape index (κ3) is 5.03. The second kappa shape index (κ2) is 9.70. The quantitative estimate of drug-likeness (QED) is 0.333. The van der Waals surface area contributed by atoms with Gasteiger partial charge in [0.15, 0.2) is 17.7 Å². The van der Waals surface area contributed by atoms with Crippen LogP contribution in [0.5, 0.6) is 0 Å². The van der Waals surface area contributed by atoms with Crippen LogP contribution < -0.4 is 15.1 Å². The number of fused-ring (bicyclic) bond motifs is 1. The van der Waals surface area contributed by atoms with E-state index in [1.807, 2.05) is 0 Å². The van der Waals surface area contributed by atoms with Gasteiger partial charge in [0.05, 0.1) is 20.8 Å². The van der Waals surface area contributed by atoms with E-state index in [4.69, 9.17) is 4.74 Å². The van der Waals surface area contributed by atoms with Crippen molar-refractivity contribution in [2.75, 3.05) is 19.0 Å². The van der Waals surface area contributed by atoms with Crippen LogP contribution in [0.3, 0.4) is 0 Å². The molecule has 2 aromatic rings. The molecule has 26 heavy (non-hydrogen) atoms. The summed E-state index contributed by atoms with van der Waals surface area (Å²) in [6, 6.07) is 0. The number of imidazole rings is 1. The molecule has 134 valence electrons. The first-order valence-corrected chi connectivity index (χ1v) is 8.31. The van der Waals surface area contributed by atoms with Gasteiger partial charge in [-0.2, -0.15) is 0 Å². The van der Waals surface area contributed by atoms with Crippen LogP contribution in [0.25, 0.3) is 11.2 Å². The fourth-order valence-corrected chi connectivity index (χ4v) is 2.81. The normalized spacial score (nSPS) is 25.6. The zero-order valence-electron chi connectivity index (χ0n) is 14.3. The Kier molecular flexibility index (Phi) is 9.10. The van der Waals surface area contributed by atoms with Crippen LogP contribution in [-0.4, -0.2) is 121 Å². The number of nitrogens with zero attached hydrogens (tertiary/aromatic N) is 4. The number of rotatable bonds is 5. The van der Waals surface area contributed by atoms with E-state index < -0.39 is 39.0 Å². The van der Waals surface area contributed by atoms with Crippen LogP contribution >= 0.6 is 7.82 Å². The number of anilines is 1. The maximum absolute atomic E-state index is 10.5. The van der Waals surface area contributed by atoms with Gasteiger partial charge in [-0.25, -0.2) is 15.0 Å². The van der Waals surface area contributed by atoms with Crippen LogP contribution in [0.1, 0.15) is 6.23 Å². The summed E-state index contributed by atoms with van der Waals surface area (Å²) < 4.78 is 21.5. The van der Waals surface area contributed by atoms with E-state index in [9.17, 15) is 24.6 Å². The molecule has 0 spiro atoms. The molecule has 2 radical (unpaired) electrons. The van der Waals surface area contributed by atoms with E-state index in [-0.39, 0.29) is 59.1 Å². The van der Waals surface area contributed by atoms with Crippen molar-refractivity contribution in [1.82, 2.24) is 19.5 Å².